The number of hydrogen-bond acceptors (Lipinski definition) is 3. The van der Waals surface area contributed by atoms with Gasteiger partial charge < -0.3 is 5.32 Å². The van der Waals surface area contributed by atoms with Crippen molar-refractivity contribution in [1.82, 2.24) is 10.2 Å². The van der Waals surface area contributed by atoms with Crippen LogP contribution >= 0.6 is 0 Å². The molecule has 1 amide bonds. The Morgan fingerprint density at radius 2 is 1.73 bits per heavy atom. The highest BCUT2D eigenvalue weighted by Crippen LogP contribution is 2.06. The Morgan fingerprint density at radius 3 is 2.32 bits per heavy atom. The van der Waals surface area contributed by atoms with Gasteiger partial charge in [-0.3, -0.25) is 9.69 Å². The molecule has 22 heavy (non-hydrogen) atoms. The Labute approximate surface area is 131 Å². The highest BCUT2D eigenvalue weighted by atomic mass is 16.1. The summed E-state index contributed by atoms with van der Waals surface area (Å²) in [4.78, 5) is 13.9. The van der Waals surface area contributed by atoms with Crippen molar-refractivity contribution >= 4 is 5.91 Å². The van der Waals surface area contributed by atoms with Gasteiger partial charge in [-0.25, -0.2) is 0 Å². The smallest absolute Gasteiger partial charge is 0.251 e. The predicted octanol–water partition coefficient (Wildman–Crippen LogP) is 2.44. The molecule has 0 aliphatic rings. The van der Waals surface area contributed by atoms with Crippen LogP contribution < -0.4 is 5.32 Å². The van der Waals surface area contributed by atoms with E-state index < -0.39 is 0 Å². The molecule has 4 nitrogen and oxygen atoms in total. The lowest BCUT2D eigenvalue weighted by atomic mass is 10.2. The number of rotatable bonds is 6. The van der Waals surface area contributed by atoms with Gasteiger partial charge in [-0.15, -0.1) is 0 Å². The zero-order valence-electron chi connectivity index (χ0n) is 12.6. The third kappa shape index (κ3) is 4.44. The number of likely N-dealkylation sites (N-methyl/N-ethyl adjacent to an activating group) is 1. The van der Waals surface area contributed by atoms with E-state index in [4.69, 9.17) is 0 Å². The van der Waals surface area contributed by atoms with Gasteiger partial charge in [0, 0.05) is 18.7 Å². The maximum absolute atomic E-state index is 12.0. The molecule has 1 unspecified atom stereocenters. The molecule has 1 N–H and O–H groups in total. The lowest BCUT2D eigenvalue weighted by molar-refractivity contribution is 0.0944. The van der Waals surface area contributed by atoms with Gasteiger partial charge in [0.15, 0.2) is 0 Å². The fourth-order valence-corrected chi connectivity index (χ4v) is 2.16. The molecule has 2 rings (SSSR count). The summed E-state index contributed by atoms with van der Waals surface area (Å²) in [5, 5.41) is 12.1. The third-order valence-corrected chi connectivity index (χ3v) is 3.45. The van der Waals surface area contributed by atoms with Gasteiger partial charge in [0.05, 0.1) is 6.07 Å². The zero-order chi connectivity index (χ0) is 15.8. The second kappa shape index (κ2) is 7.96. The largest absolute Gasteiger partial charge is 0.349 e. The summed E-state index contributed by atoms with van der Waals surface area (Å²) in [6, 6.07) is 20.8. The predicted molar refractivity (Wildman–Crippen MR) is 86.1 cm³/mol. The topological polar surface area (TPSA) is 56.1 Å². The SMILES string of the molecule is CN(Cc1ccccc1)C(C#N)CNC(=O)c1ccccc1. The summed E-state index contributed by atoms with van der Waals surface area (Å²) in [5.74, 6) is -0.158. The number of nitrogens with one attached hydrogen (secondary N) is 1. The summed E-state index contributed by atoms with van der Waals surface area (Å²) in [5.41, 5.74) is 1.74. The first-order valence-electron chi connectivity index (χ1n) is 7.17. The van der Waals surface area contributed by atoms with Crippen LogP contribution in [0.1, 0.15) is 15.9 Å². The number of amides is 1. The van der Waals surface area contributed by atoms with Crippen molar-refractivity contribution in [2.45, 2.75) is 12.6 Å². The number of carbonyl (C=O) groups is 1. The lowest BCUT2D eigenvalue weighted by Gasteiger charge is -2.22. The van der Waals surface area contributed by atoms with Crippen molar-refractivity contribution in [2.75, 3.05) is 13.6 Å². The number of nitriles is 1. The minimum atomic E-state index is -0.368. The first kappa shape index (κ1) is 15.7. The van der Waals surface area contributed by atoms with E-state index in [1.54, 1.807) is 12.1 Å². The van der Waals surface area contributed by atoms with E-state index >= 15 is 0 Å². The molecule has 2 aromatic rings. The molecule has 2 aromatic carbocycles. The molecule has 0 saturated heterocycles. The van der Waals surface area contributed by atoms with E-state index in [0.717, 1.165) is 5.56 Å². The van der Waals surface area contributed by atoms with Gasteiger partial charge in [0.1, 0.15) is 6.04 Å². The maximum Gasteiger partial charge on any atom is 0.251 e. The summed E-state index contributed by atoms with van der Waals surface area (Å²) in [6.45, 7) is 0.966. The van der Waals surface area contributed by atoms with E-state index in [-0.39, 0.29) is 11.9 Å². The van der Waals surface area contributed by atoms with Crippen LogP contribution in [0.15, 0.2) is 60.7 Å². The van der Waals surface area contributed by atoms with E-state index in [1.807, 2.05) is 60.5 Å². The Morgan fingerprint density at radius 1 is 1.14 bits per heavy atom. The molecular formula is C18H19N3O. The third-order valence-electron chi connectivity index (χ3n) is 3.45. The normalized spacial score (nSPS) is 11.7. The van der Waals surface area contributed by atoms with Gasteiger partial charge in [0.25, 0.3) is 5.91 Å². The molecule has 0 aliphatic heterocycles. The van der Waals surface area contributed by atoms with E-state index in [1.165, 1.54) is 0 Å². The molecule has 0 saturated carbocycles. The van der Waals surface area contributed by atoms with Crippen LogP contribution in [-0.2, 0) is 6.54 Å². The van der Waals surface area contributed by atoms with Crippen LogP contribution in [0.3, 0.4) is 0 Å². The van der Waals surface area contributed by atoms with Gasteiger partial charge in [-0.1, -0.05) is 48.5 Å². The molecule has 0 spiro atoms. The van der Waals surface area contributed by atoms with E-state index in [9.17, 15) is 10.1 Å². The van der Waals surface area contributed by atoms with Gasteiger partial charge in [0.2, 0.25) is 0 Å². The summed E-state index contributed by atoms with van der Waals surface area (Å²) >= 11 is 0. The van der Waals surface area contributed by atoms with Crippen LogP contribution in [0.2, 0.25) is 0 Å². The first-order valence-corrected chi connectivity index (χ1v) is 7.17. The summed E-state index contributed by atoms with van der Waals surface area (Å²) < 4.78 is 0. The van der Waals surface area contributed by atoms with Gasteiger partial charge >= 0.3 is 0 Å². The second-order valence-corrected chi connectivity index (χ2v) is 5.12. The summed E-state index contributed by atoms with van der Waals surface area (Å²) in [7, 11) is 1.88. The molecule has 0 aliphatic carbocycles. The Bertz CT molecular complexity index is 634. The van der Waals surface area contributed by atoms with Crippen molar-refractivity contribution < 1.29 is 4.79 Å². The van der Waals surface area contributed by atoms with Crippen molar-refractivity contribution in [2.24, 2.45) is 0 Å². The second-order valence-electron chi connectivity index (χ2n) is 5.12. The standard InChI is InChI=1S/C18H19N3O/c1-21(14-15-8-4-2-5-9-15)17(12-19)13-20-18(22)16-10-6-3-7-11-16/h2-11,17H,13-14H2,1H3,(H,20,22). The van der Waals surface area contributed by atoms with E-state index in [2.05, 4.69) is 11.4 Å². The zero-order valence-corrected chi connectivity index (χ0v) is 12.6. The van der Waals surface area contributed by atoms with Gasteiger partial charge in [-0.2, -0.15) is 5.26 Å². The first-order chi connectivity index (χ1) is 10.7. The summed E-state index contributed by atoms with van der Waals surface area (Å²) in [6.07, 6.45) is 0. The minimum Gasteiger partial charge on any atom is -0.349 e. The van der Waals surface area contributed by atoms with Crippen molar-refractivity contribution in [3.05, 3.63) is 71.8 Å². The van der Waals surface area contributed by atoms with Crippen LogP contribution in [-0.4, -0.2) is 30.4 Å². The fourth-order valence-electron chi connectivity index (χ4n) is 2.16. The molecule has 112 valence electrons. The van der Waals surface area contributed by atoms with Crippen LogP contribution in [0.25, 0.3) is 0 Å². The molecule has 0 radical (unpaired) electrons. The lowest BCUT2D eigenvalue weighted by Crippen LogP contribution is -2.40. The van der Waals surface area contributed by atoms with Crippen molar-refractivity contribution in [3.63, 3.8) is 0 Å². The van der Waals surface area contributed by atoms with E-state index in [0.29, 0.717) is 18.7 Å². The number of hydrogen-bond donors (Lipinski definition) is 1. The molecule has 0 bridgehead atoms. The number of benzene rings is 2. The molecule has 0 aromatic heterocycles. The Kier molecular flexibility index (Phi) is 5.70. The Hall–Kier alpha value is -2.64. The van der Waals surface area contributed by atoms with Crippen molar-refractivity contribution in [1.29, 1.82) is 5.26 Å². The highest BCUT2D eigenvalue weighted by Gasteiger charge is 2.15. The van der Waals surface area contributed by atoms with Crippen LogP contribution in [0, 0.1) is 11.3 Å². The number of carbonyl (C=O) groups excluding carboxylic acids is 1. The molecule has 0 fully saturated rings. The maximum atomic E-state index is 12.0. The number of nitrogens with zero attached hydrogens (tertiary/aromatic N) is 2. The molecule has 1 atom stereocenters. The average Bonchev–Trinajstić information content (AvgIpc) is 2.57. The van der Waals surface area contributed by atoms with Crippen LogP contribution in [0.5, 0.6) is 0 Å². The monoisotopic (exact) mass is 293 g/mol. The van der Waals surface area contributed by atoms with Crippen molar-refractivity contribution in [3.8, 4) is 6.07 Å². The average molecular weight is 293 g/mol. The Balaban J connectivity index is 1.89. The molecule has 4 heteroatoms. The fraction of sp³-hybridized carbons (Fsp3) is 0.222. The molecule has 0 heterocycles. The van der Waals surface area contributed by atoms with Crippen LogP contribution in [0.4, 0.5) is 0 Å². The quantitative estimate of drug-likeness (QED) is 0.890. The highest BCUT2D eigenvalue weighted by molar-refractivity contribution is 5.94. The minimum absolute atomic E-state index is 0.158. The molecular weight excluding hydrogens is 274 g/mol. The van der Waals surface area contributed by atoms with Gasteiger partial charge in [-0.05, 0) is 24.7 Å².